The van der Waals surface area contributed by atoms with Crippen LogP contribution >= 0.6 is 11.6 Å². The van der Waals surface area contributed by atoms with E-state index < -0.39 is 0 Å². The monoisotopic (exact) mass is 412 g/mol. The Labute approximate surface area is 181 Å². The van der Waals surface area contributed by atoms with Gasteiger partial charge in [-0.15, -0.1) is 0 Å². The SMILES string of the molecule is O=C(C1=C2NCCN2C(c2ccccc2)=CC1c1ccc(Cl)cc1)c1ccccc1. The van der Waals surface area contributed by atoms with Gasteiger partial charge in [-0.1, -0.05) is 84.4 Å². The maximum absolute atomic E-state index is 13.7. The Morgan fingerprint density at radius 3 is 2.27 bits per heavy atom. The zero-order valence-corrected chi connectivity index (χ0v) is 17.1. The van der Waals surface area contributed by atoms with E-state index in [0.717, 1.165) is 41.3 Å². The van der Waals surface area contributed by atoms with E-state index in [1.54, 1.807) is 0 Å². The smallest absolute Gasteiger partial charge is 0.193 e. The summed E-state index contributed by atoms with van der Waals surface area (Å²) in [4.78, 5) is 15.9. The molecule has 30 heavy (non-hydrogen) atoms. The summed E-state index contributed by atoms with van der Waals surface area (Å²) in [6.07, 6.45) is 2.21. The highest BCUT2D eigenvalue weighted by molar-refractivity contribution is 6.30. The van der Waals surface area contributed by atoms with Crippen molar-refractivity contribution < 1.29 is 4.79 Å². The summed E-state index contributed by atoms with van der Waals surface area (Å²) in [5.74, 6) is 0.792. The fourth-order valence-corrected chi connectivity index (χ4v) is 4.37. The third kappa shape index (κ3) is 3.31. The first-order valence-electron chi connectivity index (χ1n) is 10.1. The van der Waals surface area contributed by atoms with Gasteiger partial charge in [-0.05, 0) is 29.3 Å². The van der Waals surface area contributed by atoms with Crippen molar-refractivity contribution in [3.63, 3.8) is 0 Å². The quantitative estimate of drug-likeness (QED) is 0.576. The van der Waals surface area contributed by atoms with Gasteiger partial charge in [-0.25, -0.2) is 0 Å². The number of allylic oxidation sites excluding steroid dienone is 2. The Balaban J connectivity index is 1.69. The van der Waals surface area contributed by atoms with Crippen LogP contribution in [0.3, 0.4) is 0 Å². The molecule has 0 aliphatic carbocycles. The second-order valence-corrected chi connectivity index (χ2v) is 7.92. The molecule has 0 aromatic heterocycles. The van der Waals surface area contributed by atoms with Crippen LogP contribution in [0.15, 0.2) is 102 Å². The van der Waals surface area contributed by atoms with E-state index in [9.17, 15) is 4.79 Å². The molecule has 1 atom stereocenters. The Morgan fingerprint density at radius 1 is 0.900 bits per heavy atom. The predicted molar refractivity (Wildman–Crippen MR) is 121 cm³/mol. The molecular weight excluding hydrogens is 392 g/mol. The van der Waals surface area contributed by atoms with Crippen molar-refractivity contribution in [2.45, 2.75) is 5.92 Å². The zero-order chi connectivity index (χ0) is 20.5. The van der Waals surface area contributed by atoms with Crippen LogP contribution in [0.5, 0.6) is 0 Å². The number of nitrogens with zero attached hydrogens (tertiary/aromatic N) is 1. The van der Waals surface area contributed by atoms with Crippen LogP contribution in [0, 0.1) is 0 Å². The van der Waals surface area contributed by atoms with Gasteiger partial charge in [0.1, 0.15) is 5.82 Å². The summed E-state index contributed by atoms with van der Waals surface area (Å²) in [5.41, 5.74) is 4.79. The lowest BCUT2D eigenvalue weighted by Gasteiger charge is -2.33. The molecule has 148 valence electrons. The summed E-state index contributed by atoms with van der Waals surface area (Å²) in [7, 11) is 0. The molecule has 5 rings (SSSR count). The third-order valence-electron chi connectivity index (χ3n) is 5.66. The maximum Gasteiger partial charge on any atom is 0.193 e. The lowest BCUT2D eigenvalue weighted by Crippen LogP contribution is -2.30. The van der Waals surface area contributed by atoms with Crippen LogP contribution in [0.25, 0.3) is 5.70 Å². The Kier molecular flexibility index (Phi) is 4.89. The number of carbonyl (C=O) groups excluding carboxylic acids is 1. The maximum atomic E-state index is 13.7. The largest absolute Gasteiger partial charge is 0.369 e. The van der Waals surface area contributed by atoms with E-state index in [1.807, 2.05) is 72.8 Å². The molecule has 3 nitrogen and oxygen atoms in total. The van der Waals surface area contributed by atoms with E-state index in [2.05, 4.69) is 28.4 Å². The number of benzene rings is 3. The number of hydrogen-bond donors (Lipinski definition) is 1. The van der Waals surface area contributed by atoms with Gasteiger partial charge in [-0.2, -0.15) is 0 Å². The van der Waals surface area contributed by atoms with E-state index in [1.165, 1.54) is 0 Å². The Morgan fingerprint density at radius 2 is 1.57 bits per heavy atom. The molecule has 0 saturated carbocycles. The standard InChI is InChI=1S/C26H21ClN2O/c27-21-13-11-18(12-14-21)22-17-23(19-7-3-1-4-8-19)29-16-15-28-26(29)24(22)25(30)20-9-5-2-6-10-20/h1-14,17,22,28H,15-16H2. The highest BCUT2D eigenvalue weighted by atomic mass is 35.5. The third-order valence-corrected chi connectivity index (χ3v) is 5.91. The van der Waals surface area contributed by atoms with Gasteiger partial charge in [0.2, 0.25) is 0 Å². The fourth-order valence-electron chi connectivity index (χ4n) is 4.24. The molecule has 0 bridgehead atoms. The molecule has 1 fully saturated rings. The van der Waals surface area contributed by atoms with Gasteiger partial charge < -0.3 is 10.2 Å². The lowest BCUT2D eigenvalue weighted by atomic mass is 9.82. The molecule has 2 aliphatic rings. The van der Waals surface area contributed by atoms with Gasteiger partial charge in [0.25, 0.3) is 0 Å². The number of ketones is 1. The van der Waals surface area contributed by atoms with Crippen molar-refractivity contribution in [3.05, 3.63) is 124 Å². The molecule has 4 heteroatoms. The van der Waals surface area contributed by atoms with Crippen molar-refractivity contribution in [1.29, 1.82) is 0 Å². The summed E-state index contributed by atoms with van der Waals surface area (Å²) in [5, 5.41) is 4.17. The van der Waals surface area contributed by atoms with Crippen molar-refractivity contribution in [1.82, 2.24) is 10.2 Å². The minimum absolute atomic E-state index is 0.0494. The number of Topliss-reactive ketones (excluding diaryl/α,β-unsaturated/α-hetero) is 1. The van der Waals surface area contributed by atoms with Crippen molar-refractivity contribution in [3.8, 4) is 0 Å². The van der Waals surface area contributed by atoms with E-state index in [4.69, 9.17) is 11.6 Å². The summed E-state index contributed by atoms with van der Waals surface area (Å²) in [6, 6.07) is 27.6. The number of rotatable bonds is 4. The topological polar surface area (TPSA) is 32.3 Å². The van der Waals surface area contributed by atoms with Gasteiger partial charge in [0.05, 0.1) is 5.57 Å². The van der Waals surface area contributed by atoms with Gasteiger partial charge >= 0.3 is 0 Å². The summed E-state index contributed by atoms with van der Waals surface area (Å²) in [6.45, 7) is 1.63. The summed E-state index contributed by atoms with van der Waals surface area (Å²) >= 11 is 6.14. The number of hydrogen-bond acceptors (Lipinski definition) is 3. The first-order chi connectivity index (χ1) is 14.7. The molecule has 1 unspecified atom stereocenters. The Hall–Kier alpha value is -3.30. The molecular formula is C26H21ClN2O. The normalized spacial score (nSPS) is 18.0. The molecule has 3 aromatic rings. The molecule has 2 aliphatic heterocycles. The first kappa shape index (κ1) is 18.7. The predicted octanol–water partition coefficient (Wildman–Crippen LogP) is 5.48. The average molecular weight is 413 g/mol. The summed E-state index contributed by atoms with van der Waals surface area (Å²) < 4.78 is 0. The number of nitrogens with one attached hydrogen (secondary N) is 1. The van der Waals surface area contributed by atoms with Crippen LogP contribution in [-0.2, 0) is 0 Å². The highest BCUT2D eigenvalue weighted by Gasteiger charge is 2.36. The van der Waals surface area contributed by atoms with Crippen molar-refractivity contribution in [2.75, 3.05) is 13.1 Å². The van der Waals surface area contributed by atoms with Crippen LogP contribution in [-0.4, -0.2) is 23.8 Å². The van der Waals surface area contributed by atoms with Gasteiger partial charge in [-0.3, -0.25) is 4.79 Å². The molecule has 0 amide bonds. The average Bonchev–Trinajstić information content (AvgIpc) is 3.29. The molecule has 1 N–H and O–H groups in total. The number of fused-ring (bicyclic) bond motifs is 1. The molecule has 0 spiro atoms. The minimum atomic E-state index is -0.165. The van der Waals surface area contributed by atoms with Crippen LogP contribution in [0.4, 0.5) is 0 Å². The van der Waals surface area contributed by atoms with Gasteiger partial charge in [0, 0.05) is 35.3 Å². The second kappa shape index (κ2) is 7.85. The van der Waals surface area contributed by atoms with Crippen LogP contribution in [0.2, 0.25) is 5.02 Å². The minimum Gasteiger partial charge on any atom is -0.369 e. The first-order valence-corrected chi connectivity index (χ1v) is 10.5. The fraction of sp³-hybridized carbons (Fsp3) is 0.115. The number of carbonyl (C=O) groups is 1. The molecule has 2 heterocycles. The Bertz CT molecular complexity index is 1130. The van der Waals surface area contributed by atoms with E-state index in [-0.39, 0.29) is 11.7 Å². The van der Waals surface area contributed by atoms with E-state index >= 15 is 0 Å². The highest BCUT2D eigenvalue weighted by Crippen LogP contribution is 2.41. The molecule has 0 radical (unpaired) electrons. The molecule has 1 saturated heterocycles. The van der Waals surface area contributed by atoms with Crippen molar-refractivity contribution in [2.24, 2.45) is 0 Å². The second-order valence-electron chi connectivity index (χ2n) is 7.48. The van der Waals surface area contributed by atoms with Crippen LogP contribution in [0.1, 0.15) is 27.4 Å². The number of halogens is 1. The lowest BCUT2D eigenvalue weighted by molar-refractivity contribution is 0.102. The van der Waals surface area contributed by atoms with Gasteiger partial charge in [0.15, 0.2) is 5.78 Å². The van der Waals surface area contributed by atoms with Crippen molar-refractivity contribution >= 4 is 23.1 Å². The zero-order valence-electron chi connectivity index (χ0n) is 16.4. The van der Waals surface area contributed by atoms with E-state index in [0.29, 0.717) is 10.6 Å². The molecule has 3 aromatic carbocycles. The van der Waals surface area contributed by atoms with Crippen LogP contribution < -0.4 is 5.32 Å².